The average molecular weight is 225 g/mol. The van der Waals surface area contributed by atoms with Gasteiger partial charge in [0.05, 0.1) is 0 Å². The molecule has 0 aliphatic carbocycles. The normalized spacial score (nSPS) is 16.7. The first kappa shape index (κ1) is 12.1. The van der Waals surface area contributed by atoms with Gasteiger partial charge in [0, 0.05) is 18.9 Å². The summed E-state index contributed by atoms with van der Waals surface area (Å²) < 4.78 is 1.86. The first-order valence-electron chi connectivity index (χ1n) is 4.85. The molecule has 0 aromatic rings. The zero-order valence-electron chi connectivity index (χ0n) is 9.69. The lowest BCUT2D eigenvalue weighted by molar-refractivity contribution is -0.498. The fourth-order valence-electron chi connectivity index (χ4n) is 1.44. The van der Waals surface area contributed by atoms with Crippen LogP contribution in [0.4, 0.5) is 0 Å². The van der Waals surface area contributed by atoms with E-state index in [1.54, 1.807) is 31.3 Å². The van der Waals surface area contributed by atoms with E-state index >= 15 is 0 Å². The van der Waals surface area contributed by atoms with Gasteiger partial charge in [-0.25, -0.2) is 9.37 Å². The van der Waals surface area contributed by atoms with E-state index in [0.29, 0.717) is 18.1 Å². The summed E-state index contributed by atoms with van der Waals surface area (Å²) in [6.07, 6.45) is 3.44. The molecule has 0 aromatic heterocycles. The number of hydrogen-bond donors (Lipinski definition) is 3. The molecule has 0 fully saturated rings. The van der Waals surface area contributed by atoms with Crippen LogP contribution in [0.25, 0.3) is 0 Å². The number of nitrogens with two attached hydrogens (primary N) is 1. The minimum atomic E-state index is -0.978. The van der Waals surface area contributed by atoms with Gasteiger partial charge in [0.2, 0.25) is 6.67 Å². The molecule has 0 saturated heterocycles. The van der Waals surface area contributed by atoms with Crippen LogP contribution in [0.2, 0.25) is 0 Å². The summed E-state index contributed by atoms with van der Waals surface area (Å²) in [6.45, 7) is 2.22. The number of nitrogens with one attached hydrogen (secondary N) is 1. The molecule has 0 radical (unpaired) electrons. The Kier molecular flexibility index (Phi) is 3.55. The van der Waals surface area contributed by atoms with E-state index in [1.165, 1.54) is 0 Å². The van der Waals surface area contributed by atoms with Crippen molar-refractivity contribution in [3.63, 3.8) is 0 Å². The Morgan fingerprint density at radius 3 is 2.88 bits per heavy atom. The Morgan fingerprint density at radius 2 is 2.38 bits per heavy atom. The number of carboxylic acid groups (broad SMARTS) is 1. The molecule has 88 valence electrons. The Labute approximate surface area is 94.3 Å². The number of nitrogens with zero attached hydrogens (tertiary/aromatic N) is 2. The van der Waals surface area contributed by atoms with Crippen LogP contribution in [-0.2, 0) is 4.79 Å². The first-order chi connectivity index (χ1) is 7.41. The Hall–Kier alpha value is -1.98. The lowest BCUT2D eigenvalue weighted by Crippen LogP contribution is -2.38. The van der Waals surface area contributed by atoms with E-state index in [-0.39, 0.29) is 5.70 Å². The highest BCUT2D eigenvalue weighted by atomic mass is 16.4. The molecule has 16 heavy (non-hydrogen) atoms. The van der Waals surface area contributed by atoms with Gasteiger partial charge >= 0.3 is 5.97 Å². The van der Waals surface area contributed by atoms with Crippen molar-refractivity contribution in [1.82, 2.24) is 10.2 Å². The summed E-state index contributed by atoms with van der Waals surface area (Å²) in [5, 5.41) is 11.9. The molecule has 4 N–H and O–H groups in total. The minimum absolute atomic E-state index is 0.179. The van der Waals surface area contributed by atoms with E-state index in [4.69, 9.17) is 10.8 Å². The van der Waals surface area contributed by atoms with E-state index in [9.17, 15) is 4.79 Å². The molecule has 6 heteroatoms. The second kappa shape index (κ2) is 4.69. The molecular formula is C10H17N4O2+. The summed E-state index contributed by atoms with van der Waals surface area (Å²) in [4.78, 5) is 12.7. The molecule has 0 saturated carbocycles. The first-order valence-corrected chi connectivity index (χ1v) is 4.85. The van der Waals surface area contributed by atoms with Gasteiger partial charge in [0.15, 0.2) is 11.9 Å². The van der Waals surface area contributed by atoms with Gasteiger partial charge in [-0.1, -0.05) is 0 Å². The quantitative estimate of drug-likeness (QED) is 0.554. The number of carboxylic acids is 1. The van der Waals surface area contributed by atoms with Gasteiger partial charge < -0.3 is 21.1 Å². The number of aliphatic carboxylic acids is 1. The summed E-state index contributed by atoms with van der Waals surface area (Å²) >= 11 is 0. The summed E-state index contributed by atoms with van der Waals surface area (Å²) in [7, 11) is 3.62. The van der Waals surface area contributed by atoms with Crippen LogP contribution in [0.1, 0.15) is 6.92 Å². The van der Waals surface area contributed by atoms with Gasteiger partial charge in [0.25, 0.3) is 0 Å². The molecule has 1 aliphatic rings. The highest BCUT2D eigenvalue weighted by Gasteiger charge is 2.23. The van der Waals surface area contributed by atoms with Crippen LogP contribution < -0.4 is 11.1 Å². The Balaban J connectivity index is 3.13. The topological polar surface area (TPSA) is 81.6 Å². The van der Waals surface area contributed by atoms with E-state index < -0.39 is 5.97 Å². The monoisotopic (exact) mass is 225 g/mol. The van der Waals surface area contributed by atoms with Gasteiger partial charge in [-0.05, 0) is 6.92 Å². The van der Waals surface area contributed by atoms with Crippen LogP contribution in [0.3, 0.4) is 0 Å². The standard InChI is InChI=1S/C10H16N4O2/c1-7(11)4-14(3)8-5-13(2)6-12-9(8)10(15)16/h4-5H,6,11H2,1-3H3,(H,15,16)/p+1/b7-4+. The lowest BCUT2D eigenvalue weighted by atomic mass is 10.2. The summed E-state index contributed by atoms with van der Waals surface area (Å²) in [5.74, 6) is -0.978. The van der Waals surface area contributed by atoms with Gasteiger partial charge in [-0.15, -0.1) is 0 Å². The van der Waals surface area contributed by atoms with Crippen molar-refractivity contribution in [1.29, 1.82) is 0 Å². The van der Waals surface area contributed by atoms with Gasteiger partial charge in [-0.2, -0.15) is 0 Å². The Morgan fingerprint density at radius 1 is 1.75 bits per heavy atom. The van der Waals surface area contributed by atoms with E-state index in [0.717, 1.165) is 0 Å². The molecule has 0 bridgehead atoms. The van der Waals surface area contributed by atoms with Crippen molar-refractivity contribution in [3.05, 3.63) is 23.3 Å². The van der Waals surface area contributed by atoms with Crippen LogP contribution in [-0.4, -0.2) is 47.5 Å². The second-order valence-electron chi connectivity index (χ2n) is 3.77. The van der Waals surface area contributed by atoms with Crippen molar-refractivity contribution in [2.45, 2.75) is 6.92 Å². The summed E-state index contributed by atoms with van der Waals surface area (Å²) in [5.41, 5.74) is 6.92. The lowest BCUT2D eigenvalue weighted by Gasteiger charge is -2.20. The highest BCUT2D eigenvalue weighted by Crippen LogP contribution is 2.09. The molecule has 0 aromatic carbocycles. The predicted octanol–water partition coefficient (Wildman–Crippen LogP) is -0.692. The van der Waals surface area contributed by atoms with Crippen molar-refractivity contribution in [2.75, 3.05) is 20.8 Å². The zero-order valence-corrected chi connectivity index (χ0v) is 9.69. The number of rotatable bonds is 3. The van der Waals surface area contributed by atoms with Crippen molar-refractivity contribution in [2.24, 2.45) is 5.73 Å². The number of allylic oxidation sites excluding steroid dienone is 2. The van der Waals surface area contributed by atoms with Crippen LogP contribution in [0.5, 0.6) is 0 Å². The molecule has 1 aliphatic heterocycles. The molecule has 0 atom stereocenters. The number of hydrogen-bond acceptors (Lipinski definition) is 4. The van der Waals surface area contributed by atoms with Crippen LogP contribution >= 0.6 is 0 Å². The maximum atomic E-state index is 11.0. The minimum Gasteiger partial charge on any atom is -0.477 e. The molecule has 0 unspecified atom stereocenters. The van der Waals surface area contributed by atoms with Gasteiger partial charge in [0.1, 0.15) is 12.7 Å². The third kappa shape index (κ3) is 2.75. The maximum Gasteiger partial charge on any atom is 0.354 e. The molecule has 6 nitrogen and oxygen atoms in total. The molecule has 1 heterocycles. The van der Waals surface area contributed by atoms with Gasteiger partial charge in [-0.3, -0.25) is 0 Å². The average Bonchev–Trinajstić information content (AvgIpc) is 2.15. The third-order valence-corrected chi connectivity index (χ3v) is 2.10. The van der Waals surface area contributed by atoms with Crippen molar-refractivity contribution < 1.29 is 14.5 Å². The Bertz CT molecular complexity index is 392. The SMILES string of the molecule is C/C(N)=C\N(C)C1=C(C(=O)O)NC[N+](C)=C1. The smallest absolute Gasteiger partial charge is 0.354 e. The molecule has 1 rings (SSSR count). The zero-order chi connectivity index (χ0) is 12.3. The van der Waals surface area contributed by atoms with E-state index in [2.05, 4.69) is 5.32 Å². The van der Waals surface area contributed by atoms with Crippen molar-refractivity contribution >= 4 is 12.2 Å². The van der Waals surface area contributed by atoms with Crippen molar-refractivity contribution in [3.8, 4) is 0 Å². The second-order valence-corrected chi connectivity index (χ2v) is 3.77. The maximum absolute atomic E-state index is 11.0. The fraction of sp³-hybridized carbons (Fsp3) is 0.400. The molecule has 0 spiro atoms. The van der Waals surface area contributed by atoms with Crippen LogP contribution in [0, 0.1) is 0 Å². The largest absolute Gasteiger partial charge is 0.477 e. The van der Waals surface area contributed by atoms with E-state index in [1.807, 2.05) is 11.6 Å². The molecular weight excluding hydrogens is 208 g/mol. The fourth-order valence-corrected chi connectivity index (χ4v) is 1.44. The number of carbonyl (C=O) groups is 1. The third-order valence-electron chi connectivity index (χ3n) is 2.10. The summed E-state index contributed by atoms with van der Waals surface area (Å²) in [6, 6.07) is 0. The predicted molar refractivity (Wildman–Crippen MR) is 60.6 cm³/mol. The highest BCUT2D eigenvalue weighted by molar-refractivity contribution is 5.94. The van der Waals surface area contributed by atoms with Crippen LogP contribution in [0.15, 0.2) is 23.3 Å². The molecule has 0 amide bonds.